The highest BCUT2D eigenvalue weighted by atomic mass is 32.2. The molecule has 1 unspecified atom stereocenters. The maximum atomic E-state index is 12.0. The van der Waals surface area contributed by atoms with Crippen molar-refractivity contribution >= 4 is 16.0 Å². The van der Waals surface area contributed by atoms with Crippen molar-refractivity contribution < 1.29 is 17.9 Å². The highest BCUT2D eigenvalue weighted by Gasteiger charge is 2.22. The molecule has 7 heteroatoms. The Balaban J connectivity index is 3.02. The van der Waals surface area contributed by atoms with Gasteiger partial charge in [-0.15, -0.1) is 0 Å². The quantitative estimate of drug-likeness (QED) is 0.804. The fourth-order valence-electron chi connectivity index (χ4n) is 1.71. The minimum Gasteiger partial charge on any atom is -0.465 e. The third-order valence-electron chi connectivity index (χ3n) is 2.57. The van der Waals surface area contributed by atoms with Gasteiger partial charge in [-0.25, -0.2) is 13.1 Å². The number of sulfonamides is 1. The Kier molecular flexibility index (Phi) is 5.88. The molecule has 1 aromatic rings. The molecule has 0 amide bonds. The lowest BCUT2D eigenvalue weighted by Crippen LogP contribution is -2.30. The maximum absolute atomic E-state index is 12.0. The number of hydrogen-bond donors (Lipinski definition) is 1. The normalized spacial score (nSPS) is 12.7. The summed E-state index contributed by atoms with van der Waals surface area (Å²) in [6, 6.07) is 7.25. The molecule has 1 atom stereocenters. The third-order valence-corrected chi connectivity index (χ3v) is 4.24. The average molecular weight is 310 g/mol. The summed E-state index contributed by atoms with van der Waals surface area (Å²) in [6.45, 7) is 5.28. The van der Waals surface area contributed by atoms with Gasteiger partial charge in [-0.1, -0.05) is 12.1 Å². The number of esters is 1. The summed E-state index contributed by atoms with van der Waals surface area (Å²) >= 11 is 0. The second-order valence-corrected chi connectivity index (χ2v) is 6.37. The summed E-state index contributed by atoms with van der Waals surface area (Å²) in [5.74, 6) is -1.70. The lowest BCUT2D eigenvalue weighted by molar-refractivity contribution is -0.143. The van der Waals surface area contributed by atoms with Gasteiger partial charge in [0.1, 0.15) is 0 Å². The monoisotopic (exact) mass is 310 g/mol. The second-order valence-electron chi connectivity index (χ2n) is 4.66. The second kappa shape index (κ2) is 7.20. The van der Waals surface area contributed by atoms with Crippen LogP contribution in [0.15, 0.2) is 29.2 Å². The van der Waals surface area contributed by atoms with E-state index in [1.165, 1.54) is 24.3 Å². The molecule has 6 nitrogen and oxygen atoms in total. The number of nitrogens with zero attached hydrogens (tertiary/aromatic N) is 1. The number of benzene rings is 1. The van der Waals surface area contributed by atoms with Crippen molar-refractivity contribution in [3.05, 3.63) is 29.8 Å². The van der Waals surface area contributed by atoms with E-state index < -0.39 is 21.9 Å². The SMILES string of the molecule is CCOC(=O)C(C#N)c1ccc(S(=O)(=O)NC(C)C)cc1. The van der Waals surface area contributed by atoms with Crippen LogP contribution in [-0.4, -0.2) is 27.0 Å². The van der Waals surface area contributed by atoms with Crippen LogP contribution < -0.4 is 4.72 Å². The predicted octanol–water partition coefficient (Wildman–Crippen LogP) is 1.54. The topological polar surface area (TPSA) is 96.3 Å². The van der Waals surface area contributed by atoms with Gasteiger partial charge in [-0.3, -0.25) is 4.79 Å². The molecule has 0 bridgehead atoms. The Hall–Kier alpha value is -1.91. The van der Waals surface area contributed by atoms with Crippen LogP contribution in [0.3, 0.4) is 0 Å². The molecule has 1 aromatic carbocycles. The van der Waals surface area contributed by atoms with Crippen LogP contribution in [0.5, 0.6) is 0 Å². The summed E-state index contributed by atoms with van der Waals surface area (Å²) in [5, 5.41) is 9.04. The number of carbonyl (C=O) groups is 1. The lowest BCUT2D eigenvalue weighted by atomic mass is 10.0. The zero-order chi connectivity index (χ0) is 16.0. The number of carbonyl (C=O) groups excluding carboxylic acids is 1. The zero-order valence-corrected chi connectivity index (χ0v) is 13.0. The van der Waals surface area contributed by atoms with Crippen molar-refractivity contribution in [2.75, 3.05) is 6.61 Å². The van der Waals surface area contributed by atoms with Gasteiger partial charge < -0.3 is 4.74 Å². The van der Waals surface area contributed by atoms with Crippen LogP contribution in [0.25, 0.3) is 0 Å². The molecule has 21 heavy (non-hydrogen) atoms. The first-order chi connectivity index (χ1) is 9.81. The molecule has 0 fully saturated rings. The van der Waals surface area contributed by atoms with E-state index >= 15 is 0 Å². The van der Waals surface area contributed by atoms with Crippen LogP contribution in [0, 0.1) is 11.3 Å². The Bertz CT molecular complexity index is 630. The fraction of sp³-hybridized carbons (Fsp3) is 0.429. The van der Waals surface area contributed by atoms with Crippen molar-refractivity contribution in [2.45, 2.75) is 37.6 Å². The van der Waals surface area contributed by atoms with E-state index in [1.54, 1.807) is 20.8 Å². The van der Waals surface area contributed by atoms with Crippen molar-refractivity contribution in [1.82, 2.24) is 4.72 Å². The third kappa shape index (κ3) is 4.55. The molecule has 0 radical (unpaired) electrons. The van der Waals surface area contributed by atoms with Gasteiger partial charge >= 0.3 is 5.97 Å². The van der Waals surface area contributed by atoms with E-state index in [0.29, 0.717) is 5.56 Å². The number of hydrogen-bond acceptors (Lipinski definition) is 5. The van der Waals surface area contributed by atoms with Crippen LogP contribution >= 0.6 is 0 Å². The van der Waals surface area contributed by atoms with Gasteiger partial charge in [-0.2, -0.15) is 5.26 Å². The zero-order valence-electron chi connectivity index (χ0n) is 12.2. The van der Waals surface area contributed by atoms with E-state index in [9.17, 15) is 13.2 Å². The Morgan fingerprint density at radius 2 is 1.90 bits per heavy atom. The summed E-state index contributed by atoms with van der Waals surface area (Å²) in [6.07, 6.45) is 0. The van der Waals surface area contributed by atoms with Gasteiger partial charge in [0.2, 0.25) is 10.0 Å². The van der Waals surface area contributed by atoms with Gasteiger partial charge in [0.15, 0.2) is 5.92 Å². The van der Waals surface area contributed by atoms with Crippen molar-refractivity contribution in [3.8, 4) is 6.07 Å². The Morgan fingerprint density at radius 3 is 2.33 bits per heavy atom. The highest BCUT2D eigenvalue weighted by Crippen LogP contribution is 2.19. The smallest absolute Gasteiger partial charge is 0.327 e. The molecule has 0 aliphatic rings. The molecule has 1 rings (SSSR count). The van der Waals surface area contributed by atoms with Crippen molar-refractivity contribution in [2.24, 2.45) is 0 Å². The number of rotatable bonds is 6. The van der Waals surface area contributed by atoms with E-state index in [-0.39, 0.29) is 17.5 Å². The minimum atomic E-state index is -3.59. The van der Waals surface area contributed by atoms with E-state index in [4.69, 9.17) is 10.00 Å². The van der Waals surface area contributed by atoms with Crippen LogP contribution in [0.4, 0.5) is 0 Å². The van der Waals surface area contributed by atoms with Gasteiger partial charge in [0, 0.05) is 6.04 Å². The molecule has 0 aliphatic heterocycles. The molecular formula is C14H18N2O4S. The Morgan fingerprint density at radius 1 is 1.33 bits per heavy atom. The van der Waals surface area contributed by atoms with E-state index in [0.717, 1.165) is 0 Å². The molecule has 1 N–H and O–H groups in total. The predicted molar refractivity (Wildman–Crippen MR) is 76.9 cm³/mol. The lowest BCUT2D eigenvalue weighted by Gasteiger charge is -2.11. The molecule has 0 heterocycles. The first-order valence-corrected chi connectivity index (χ1v) is 7.98. The summed E-state index contributed by atoms with van der Waals surface area (Å²) in [7, 11) is -3.59. The molecular weight excluding hydrogens is 292 g/mol. The summed E-state index contributed by atoms with van der Waals surface area (Å²) < 4.78 is 31.2. The average Bonchev–Trinajstić information content (AvgIpc) is 2.39. The highest BCUT2D eigenvalue weighted by molar-refractivity contribution is 7.89. The molecule has 0 aliphatic carbocycles. The molecule has 0 saturated carbocycles. The van der Waals surface area contributed by atoms with E-state index in [2.05, 4.69) is 4.72 Å². The minimum absolute atomic E-state index is 0.0838. The molecule has 0 saturated heterocycles. The number of ether oxygens (including phenoxy) is 1. The number of nitriles is 1. The maximum Gasteiger partial charge on any atom is 0.327 e. The summed E-state index contributed by atoms with van der Waals surface area (Å²) in [5.41, 5.74) is 0.402. The van der Waals surface area contributed by atoms with Crippen LogP contribution in [0.1, 0.15) is 32.3 Å². The fourth-order valence-corrected chi connectivity index (χ4v) is 2.96. The van der Waals surface area contributed by atoms with Gasteiger partial charge in [-0.05, 0) is 38.5 Å². The standard InChI is InChI=1S/C14H18N2O4S/c1-4-20-14(17)13(9-15)11-5-7-12(8-6-11)21(18,19)16-10(2)3/h5-8,10,13,16H,4H2,1-3H3. The molecule has 0 spiro atoms. The molecule has 0 aromatic heterocycles. The molecule has 114 valence electrons. The first kappa shape index (κ1) is 17.1. The van der Waals surface area contributed by atoms with Crippen LogP contribution in [-0.2, 0) is 19.6 Å². The summed E-state index contributed by atoms with van der Waals surface area (Å²) in [4.78, 5) is 11.7. The first-order valence-electron chi connectivity index (χ1n) is 6.50. The largest absolute Gasteiger partial charge is 0.465 e. The van der Waals surface area contributed by atoms with Crippen molar-refractivity contribution in [1.29, 1.82) is 5.26 Å². The van der Waals surface area contributed by atoms with Gasteiger partial charge in [0.25, 0.3) is 0 Å². The Labute approximate surface area is 124 Å². The van der Waals surface area contributed by atoms with E-state index in [1.807, 2.05) is 6.07 Å². The van der Waals surface area contributed by atoms with Gasteiger partial charge in [0.05, 0.1) is 17.6 Å². The van der Waals surface area contributed by atoms with Crippen molar-refractivity contribution in [3.63, 3.8) is 0 Å². The van der Waals surface area contributed by atoms with Crippen LogP contribution in [0.2, 0.25) is 0 Å². The number of nitrogens with one attached hydrogen (secondary N) is 1.